The molecule has 1 aromatic carbocycles. The lowest BCUT2D eigenvalue weighted by Gasteiger charge is -2.22. The Bertz CT molecular complexity index is 594. The van der Waals surface area contributed by atoms with Crippen molar-refractivity contribution in [3.8, 4) is 5.75 Å². The lowest BCUT2D eigenvalue weighted by atomic mass is 9.88. The number of benzene rings is 1. The Morgan fingerprint density at radius 1 is 1.45 bits per heavy atom. The van der Waals surface area contributed by atoms with Gasteiger partial charge in [-0.1, -0.05) is 6.07 Å². The highest BCUT2D eigenvalue weighted by atomic mass is 32.1. The second kappa shape index (κ2) is 5.94. The quantitative estimate of drug-likeness (QED) is 0.938. The molecule has 0 radical (unpaired) electrons. The van der Waals surface area contributed by atoms with E-state index in [0.717, 1.165) is 30.7 Å². The number of nitrogens with two attached hydrogens (primary N) is 1. The highest BCUT2D eigenvalue weighted by Gasteiger charge is 2.17. The molecule has 2 aromatic rings. The third-order valence-corrected chi connectivity index (χ3v) is 4.92. The predicted octanol–water partition coefficient (Wildman–Crippen LogP) is 3.41. The molecule has 0 unspecified atom stereocenters. The summed E-state index contributed by atoms with van der Waals surface area (Å²) >= 11 is 1.70. The Kier molecular flexibility index (Phi) is 4.03. The van der Waals surface area contributed by atoms with Crippen LogP contribution in [0.2, 0.25) is 0 Å². The summed E-state index contributed by atoms with van der Waals surface area (Å²) in [6.07, 6.45) is 4.33. The molecule has 0 fully saturated rings. The molecule has 1 atom stereocenters. The Hall–Kier alpha value is -1.39. The van der Waals surface area contributed by atoms with E-state index in [9.17, 15) is 0 Å². The van der Waals surface area contributed by atoms with E-state index in [1.165, 1.54) is 22.4 Å². The van der Waals surface area contributed by atoms with Crippen LogP contribution in [0.4, 0.5) is 0 Å². The highest BCUT2D eigenvalue weighted by molar-refractivity contribution is 7.09. The van der Waals surface area contributed by atoms with Crippen molar-refractivity contribution >= 4 is 11.3 Å². The van der Waals surface area contributed by atoms with E-state index in [1.807, 2.05) is 12.4 Å². The van der Waals surface area contributed by atoms with E-state index < -0.39 is 0 Å². The van der Waals surface area contributed by atoms with E-state index in [-0.39, 0.29) is 6.04 Å². The number of ether oxygens (including phenoxy) is 1. The van der Waals surface area contributed by atoms with Gasteiger partial charge in [0.2, 0.25) is 0 Å². The fraction of sp³-hybridized carbons (Fsp3) is 0.438. The molecule has 20 heavy (non-hydrogen) atoms. The summed E-state index contributed by atoms with van der Waals surface area (Å²) in [5, 5.41) is 0. The van der Waals surface area contributed by atoms with Gasteiger partial charge in [0.25, 0.3) is 0 Å². The number of aryl methyl sites for hydroxylation is 2. The number of nitrogens with zero attached hydrogens (tertiary/aromatic N) is 1. The van der Waals surface area contributed by atoms with Crippen LogP contribution >= 0.6 is 11.3 Å². The molecule has 1 aliphatic rings. The standard InChI is InChI=1S/C16H20N2OS/c1-11-16(20-10-18-11)7-8-19-13-6-5-12-3-2-4-15(17)14(12)9-13/h5-6,9-10,15H,2-4,7-8,17H2,1H3/t15-/m0/s1. The molecule has 2 N–H and O–H groups in total. The monoisotopic (exact) mass is 288 g/mol. The van der Waals surface area contributed by atoms with Crippen LogP contribution in [-0.2, 0) is 12.8 Å². The number of aromatic nitrogens is 1. The molecule has 0 aliphatic heterocycles. The fourth-order valence-electron chi connectivity index (χ4n) is 2.73. The number of rotatable bonds is 4. The van der Waals surface area contributed by atoms with Gasteiger partial charge >= 0.3 is 0 Å². The number of thiazole rings is 1. The van der Waals surface area contributed by atoms with Gasteiger partial charge < -0.3 is 10.5 Å². The zero-order valence-electron chi connectivity index (χ0n) is 11.8. The van der Waals surface area contributed by atoms with Gasteiger partial charge in [0, 0.05) is 17.3 Å². The van der Waals surface area contributed by atoms with Gasteiger partial charge in [0.05, 0.1) is 17.8 Å². The third kappa shape index (κ3) is 2.86. The summed E-state index contributed by atoms with van der Waals surface area (Å²) in [6.45, 7) is 2.74. The first-order chi connectivity index (χ1) is 9.74. The molecule has 0 spiro atoms. The van der Waals surface area contributed by atoms with Crippen molar-refractivity contribution in [1.29, 1.82) is 0 Å². The first-order valence-electron chi connectivity index (χ1n) is 7.14. The SMILES string of the molecule is Cc1ncsc1CCOc1ccc2c(c1)[C@@H](N)CCC2. The van der Waals surface area contributed by atoms with Gasteiger partial charge in [-0.15, -0.1) is 11.3 Å². The topological polar surface area (TPSA) is 48.1 Å². The van der Waals surface area contributed by atoms with Gasteiger partial charge in [-0.25, -0.2) is 4.98 Å². The van der Waals surface area contributed by atoms with Gasteiger partial charge in [-0.3, -0.25) is 0 Å². The average Bonchev–Trinajstić information content (AvgIpc) is 2.85. The van der Waals surface area contributed by atoms with Crippen molar-refractivity contribution in [1.82, 2.24) is 4.98 Å². The highest BCUT2D eigenvalue weighted by Crippen LogP contribution is 2.30. The van der Waals surface area contributed by atoms with E-state index >= 15 is 0 Å². The molecule has 0 bridgehead atoms. The number of fused-ring (bicyclic) bond motifs is 1. The van der Waals surface area contributed by atoms with Crippen molar-refractivity contribution in [2.24, 2.45) is 5.73 Å². The van der Waals surface area contributed by atoms with Gasteiger partial charge in [0.1, 0.15) is 5.75 Å². The summed E-state index contributed by atoms with van der Waals surface area (Å²) in [5.41, 5.74) is 11.8. The second-order valence-corrected chi connectivity index (χ2v) is 6.26. The largest absolute Gasteiger partial charge is 0.493 e. The number of hydrogen-bond acceptors (Lipinski definition) is 4. The Labute approximate surface area is 123 Å². The minimum Gasteiger partial charge on any atom is -0.493 e. The van der Waals surface area contributed by atoms with Crippen LogP contribution in [0.25, 0.3) is 0 Å². The second-order valence-electron chi connectivity index (χ2n) is 5.32. The molecule has 1 aromatic heterocycles. The Morgan fingerprint density at radius 3 is 3.15 bits per heavy atom. The van der Waals surface area contributed by atoms with Crippen molar-refractivity contribution in [3.05, 3.63) is 45.4 Å². The molecule has 0 saturated carbocycles. The van der Waals surface area contributed by atoms with Crippen molar-refractivity contribution in [2.75, 3.05) is 6.61 Å². The molecule has 3 rings (SSSR count). The Morgan fingerprint density at radius 2 is 2.35 bits per heavy atom. The normalized spacial score (nSPS) is 17.8. The molecule has 0 amide bonds. The zero-order valence-corrected chi connectivity index (χ0v) is 12.6. The minimum atomic E-state index is 0.172. The predicted molar refractivity (Wildman–Crippen MR) is 82.4 cm³/mol. The van der Waals surface area contributed by atoms with Crippen LogP contribution in [-0.4, -0.2) is 11.6 Å². The maximum Gasteiger partial charge on any atom is 0.119 e. The minimum absolute atomic E-state index is 0.172. The van der Waals surface area contributed by atoms with E-state index in [2.05, 4.69) is 23.2 Å². The van der Waals surface area contributed by atoms with E-state index in [0.29, 0.717) is 6.61 Å². The maximum atomic E-state index is 6.18. The zero-order chi connectivity index (χ0) is 13.9. The van der Waals surface area contributed by atoms with Crippen LogP contribution in [0, 0.1) is 6.92 Å². The van der Waals surface area contributed by atoms with E-state index in [4.69, 9.17) is 10.5 Å². The van der Waals surface area contributed by atoms with Crippen LogP contribution in [0.5, 0.6) is 5.75 Å². The average molecular weight is 288 g/mol. The van der Waals surface area contributed by atoms with Gasteiger partial charge in [-0.2, -0.15) is 0 Å². The van der Waals surface area contributed by atoms with Crippen molar-refractivity contribution in [2.45, 2.75) is 38.6 Å². The lowest BCUT2D eigenvalue weighted by molar-refractivity contribution is 0.321. The summed E-state index contributed by atoms with van der Waals surface area (Å²) < 4.78 is 5.87. The molecule has 4 heteroatoms. The molecular weight excluding hydrogens is 268 g/mol. The molecule has 0 saturated heterocycles. The summed E-state index contributed by atoms with van der Waals surface area (Å²) in [6, 6.07) is 6.53. The summed E-state index contributed by atoms with van der Waals surface area (Å²) in [5.74, 6) is 0.934. The molecule has 1 heterocycles. The fourth-order valence-corrected chi connectivity index (χ4v) is 3.49. The third-order valence-electron chi connectivity index (χ3n) is 3.92. The van der Waals surface area contributed by atoms with Crippen LogP contribution < -0.4 is 10.5 Å². The Balaban J connectivity index is 1.63. The smallest absolute Gasteiger partial charge is 0.119 e. The lowest BCUT2D eigenvalue weighted by Crippen LogP contribution is -2.17. The van der Waals surface area contributed by atoms with Crippen LogP contribution in [0.15, 0.2) is 23.7 Å². The van der Waals surface area contributed by atoms with Gasteiger partial charge in [-0.05, 0) is 49.4 Å². The first-order valence-corrected chi connectivity index (χ1v) is 8.02. The number of hydrogen-bond donors (Lipinski definition) is 1. The molecule has 1 aliphatic carbocycles. The summed E-state index contributed by atoms with van der Waals surface area (Å²) in [7, 11) is 0. The van der Waals surface area contributed by atoms with Crippen LogP contribution in [0.1, 0.15) is 40.6 Å². The molecule has 106 valence electrons. The maximum absolute atomic E-state index is 6.18. The van der Waals surface area contributed by atoms with Crippen molar-refractivity contribution in [3.63, 3.8) is 0 Å². The van der Waals surface area contributed by atoms with Crippen LogP contribution in [0.3, 0.4) is 0 Å². The molecular formula is C16H20N2OS. The summed E-state index contributed by atoms with van der Waals surface area (Å²) in [4.78, 5) is 5.56. The molecule has 3 nitrogen and oxygen atoms in total. The van der Waals surface area contributed by atoms with Gasteiger partial charge in [0.15, 0.2) is 0 Å². The first kappa shape index (κ1) is 13.6. The van der Waals surface area contributed by atoms with Crippen molar-refractivity contribution < 1.29 is 4.74 Å². The van der Waals surface area contributed by atoms with E-state index in [1.54, 1.807) is 11.3 Å².